The molecule has 0 atom stereocenters. The molecule has 118 valence electrons. The van der Waals surface area contributed by atoms with Gasteiger partial charge in [0, 0.05) is 19.0 Å². The van der Waals surface area contributed by atoms with Gasteiger partial charge in [0.15, 0.2) is 5.13 Å². The molecule has 0 radical (unpaired) electrons. The normalized spacial score (nSPS) is 10.5. The maximum atomic E-state index is 12.4. The van der Waals surface area contributed by atoms with Crippen molar-refractivity contribution in [1.82, 2.24) is 9.88 Å². The number of nitrogens with one attached hydrogen (secondary N) is 1. The maximum absolute atomic E-state index is 12.4. The molecule has 8 heteroatoms. The van der Waals surface area contributed by atoms with Gasteiger partial charge in [0.25, 0.3) is 5.91 Å². The highest BCUT2D eigenvalue weighted by Crippen LogP contribution is 2.15. The quantitative estimate of drug-likeness (QED) is 0.840. The summed E-state index contributed by atoms with van der Waals surface area (Å²) < 4.78 is 5.01. The molecule has 2 amide bonds. The van der Waals surface area contributed by atoms with Crippen LogP contribution in [0.15, 0.2) is 22.9 Å². The Morgan fingerprint density at radius 1 is 1.41 bits per heavy atom. The Kier molecular flexibility index (Phi) is 6.05. The Hall–Kier alpha value is -1.77. The van der Waals surface area contributed by atoms with Crippen molar-refractivity contribution >= 4 is 39.6 Å². The van der Waals surface area contributed by atoms with Crippen LogP contribution in [-0.4, -0.2) is 48.5 Å². The highest BCUT2D eigenvalue weighted by molar-refractivity contribution is 7.14. The first-order valence-corrected chi connectivity index (χ1v) is 8.39. The standard InChI is InChI=1S/C14H17N3O3S2/c1-10-9-22-14(15-10)16-12(18)8-17(5-6-20-2)13(19)11-4-3-7-21-11/h3-4,7,9H,5-6,8H2,1-2H3,(H,15,16,18). The molecule has 2 heterocycles. The summed E-state index contributed by atoms with van der Waals surface area (Å²) in [5.41, 5.74) is 0.853. The number of thiophene rings is 1. The maximum Gasteiger partial charge on any atom is 0.264 e. The van der Waals surface area contributed by atoms with E-state index in [4.69, 9.17) is 4.74 Å². The molecule has 2 aromatic rings. The second kappa shape index (κ2) is 8.02. The van der Waals surface area contributed by atoms with Gasteiger partial charge in [-0.15, -0.1) is 22.7 Å². The van der Waals surface area contributed by atoms with E-state index in [0.717, 1.165) is 5.69 Å². The summed E-state index contributed by atoms with van der Waals surface area (Å²) >= 11 is 2.71. The monoisotopic (exact) mass is 339 g/mol. The lowest BCUT2D eigenvalue weighted by Gasteiger charge is -2.20. The lowest BCUT2D eigenvalue weighted by Crippen LogP contribution is -2.39. The number of carbonyl (C=O) groups excluding carboxylic acids is 2. The van der Waals surface area contributed by atoms with Crippen molar-refractivity contribution < 1.29 is 14.3 Å². The number of anilines is 1. The topological polar surface area (TPSA) is 71.5 Å². The molecular weight excluding hydrogens is 322 g/mol. The number of methoxy groups -OCH3 is 1. The first-order valence-electron chi connectivity index (χ1n) is 6.64. The molecule has 0 saturated heterocycles. The van der Waals surface area contributed by atoms with Gasteiger partial charge in [-0.05, 0) is 18.4 Å². The van der Waals surface area contributed by atoms with Gasteiger partial charge in [0.05, 0.1) is 17.2 Å². The summed E-state index contributed by atoms with van der Waals surface area (Å²) in [6.07, 6.45) is 0. The summed E-state index contributed by atoms with van der Waals surface area (Å²) in [5, 5.41) is 6.94. The molecular formula is C14H17N3O3S2. The van der Waals surface area contributed by atoms with Gasteiger partial charge in [0.1, 0.15) is 6.54 Å². The lowest BCUT2D eigenvalue weighted by atomic mass is 10.3. The number of ether oxygens (including phenoxy) is 1. The Morgan fingerprint density at radius 3 is 2.82 bits per heavy atom. The zero-order valence-corrected chi connectivity index (χ0v) is 14.0. The van der Waals surface area contributed by atoms with E-state index < -0.39 is 0 Å². The Labute approximate surface area is 136 Å². The van der Waals surface area contributed by atoms with Crippen LogP contribution in [0.25, 0.3) is 0 Å². The van der Waals surface area contributed by atoms with Gasteiger partial charge in [-0.1, -0.05) is 6.07 Å². The van der Waals surface area contributed by atoms with Gasteiger partial charge < -0.3 is 15.0 Å². The summed E-state index contributed by atoms with van der Waals surface area (Å²) in [5.74, 6) is -0.437. The van der Waals surface area contributed by atoms with E-state index in [1.807, 2.05) is 23.8 Å². The number of aryl methyl sites for hydroxylation is 1. The predicted octanol–water partition coefficient (Wildman–Crippen LogP) is 2.24. The van der Waals surface area contributed by atoms with E-state index in [2.05, 4.69) is 10.3 Å². The number of hydrogen-bond donors (Lipinski definition) is 1. The average Bonchev–Trinajstić information content (AvgIpc) is 3.14. The van der Waals surface area contributed by atoms with Crippen LogP contribution >= 0.6 is 22.7 Å². The third-order valence-electron chi connectivity index (χ3n) is 2.78. The summed E-state index contributed by atoms with van der Waals surface area (Å²) in [6, 6.07) is 3.56. The van der Waals surface area contributed by atoms with Gasteiger partial charge in [-0.3, -0.25) is 9.59 Å². The Balaban J connectivity index is 1.99. The largest absolute Gasteiger partial charge is 0.383 e. The van der Waals surface area contributed by atoms with Crippen LogP contribution in [0.4, 0.5) is 5.13 Å². The molecule has 0 fully saturated rings. The van der Waals surface area contributed by atoms with Crippen molar-refractivity contribution in [1.29, 1.82) is 0 Å². The molecule has 0 aliphatic carbocycles. The number of amides is 2. The Bertz CT molecular complexity index is 625. The highest BCUT2D eigenvalue weighted by Gasteiger charge is 2.20. The molecule has 0 aliphatic heterocycles. The molecule has 6 nitrogen and oxygen atoms in total. The molecule has 0 unspecified atom stereocenters. The van der Waals surface area contributed by atoms with Crippen molar-refractivity contribution in [2.75, 3.05) is 32.1 Å². The van der Waals surface area contributed by atoms with Gasteiger partial charge >= 0.3 is 0 Å². The van der Waals surface area contributed by atoms with Gasteiger partial charge in [-0.2, -0.15) is 0 Å². The molecule has 0 saturated carbocycles. The summed E-state index contributed by atoms with van der Waals surface area (Å²) in [4.78, 5) is 30.7. The minimum atomic E-state index is -0.268. The number of thiazole rings is 1. The minimum absolute atomic E-state index is 0.0290. The number of hydrogen-bond acceptors (Lipinski definition) is 6. The van der Waals surface area contributed by atoms with Crippen molar-refractivity contribution in [2.24, 2.45) is 0 Å². The molecule has 0 aromatic carbocycles. The third-order valence-corrected chi connectivity index (χ3v) is 4.52. The molecule has 2 rings (SSSR count). The van der Waals surface area contributed by atoms with Gasteiger partial charge in [-0.25, -0.2) is 4.98 Å². The zero-order chi connectivity index (χ0) is 15.9. The van der Waals surface area contributed by atoms with Crippen LogP contribution in [0, 0.1) is 6.92 Å². The van der Waals surface area contributed by atoms with Crippen molar-refractivity contribution in [3.63, 3.8) is 0 Å². The summed E-state index contributed by atoms with van der Waals surface area (Å²) in [6.45, 7) is 2.56. The first-order chi connectivity index (χ1) is 10.6. The predicted molar refractivity (Wildman–Crippen MR) is 87.6 cm³/mol. The second-order valence-corrected chi connectivity index (χ2v) is 6.34. The van der Waals surface area contributed by atoms with Crippen molar-refractivity contribution in [3.05, 3.63) is 33.5 Å². The number of nitrogens with zero attached hydrogens (tertiary/aromatic N) is 2. The van der Waals surface area contributed by atoms with Crippen LogP contribution in [0.1, 0.15) is 15.4 Å². The average molecular weight is 339 g/mol. The molecule has 2 aromatic heterocycles. The SMILES string of the molecule is COCCN(CC(=O)Nc1nc(C)cs1)C(=O)c1cccs1. The molecule has 0 spiro atoms. The first kappa shape index (κ1) is 16.6. The smallest absolute Gasteiger partial charge is 0.264 e. The Morgan fingerprint density at radius 2 is 2.23 bits per heavy atom. The van der Waals surface area contributed by atoms with Crippen LogP contribution < -0.4 is 5.32 Å². The number of aromatic nitrogens is 1. The van der Waals surface area contributed by atoms with E-state index in [1.165, 1.54) is 27.6 Å². The van der Waals surface area contributed by atoms with Crippen LogP contribution in [0.5, 0.6) is 0 Å². The van der Waals surface area contributed by atoms with E-state index >= 15 is 0 Å². The third kappa shape index (κ3) is 4.62. The van der Waals surface area contributed by atoms with E-state index in [-0.39, 0.29) is 18.4 Å². The fraction of sp³-hybridized carbons (Fsp3) is 0.357. The van der Waals surface area contributed by atoms with Crippen LogP contribution in [0.2, 0.25) is 0 Å². The minimum Gasteiger partial charge on any atom is -0.383 e. The van der Waals surface area contributed by atoms with Crippen molar-refractivity contribution in [2.45, 2.75) is 6.92 Å². The van der Waals surface area contributed by atoms with E-state index in [1.54, 1.807) is 13.2 Å². The van der Waals surface area contributed by atoms with E-state index in [0.29, 0.717) is 23.2 Å². The summed E-state index contributed by atoms with van der Waals surface area (Å²) in [7, 11) is 1.56. The number of rotatable bonds is 7. The highest BCUT2D eigenvalue weighted by atomic mass is 32.1. The molecule has 1 N–H and O–H groups in total. The molecule has 22 heavy (non-hydrogen) atoms. The second-order valence-electron chi connectivity index (χ2n) is 4.54. The van der Waals surface area contributed by atoms with Crippen LogP contribution in [0.3, 0.4) is 0 Å². The molecule has 0 aliphatic rings. The number of carbonyl (C=O) groups is 2. The van der Waals surface area contributed by atoms with Crippen molar-refractivity contribution in [3.8, 4) is 0 Å². The molecule has 0 bridgehead atoms. The fourth-order valence-corrected chi connectivity index (χ4v) is 3.15. The fourth-order valence-electron chi connectivity index (χ4n) is 1.75. The van der Waals surface area contributed by atoms with E-state index in [9.17, 15) is 9.59 Å². The lowest BCUT2D eigenvalue weighted by molar-refractivity contribution is -0.117. The zero-order valence-electron chi connectivity index (χ0n) is 12.4. The van der Waals surface area contributed by atoms with Crippen LogP contribution in [-0.2, 0) is 9.53 Å². The van der Waals surface area contributed by atoms with Gasteiger partial charge in [0.2, 0.25) is 5.91 Å².